The van der Waals surface area contributed by atoms with Crippen molar-refractivity contribution in [2.24, 2.45) is 0 Å². The molecule has 2 rings (SSSR count). The second kappa shape index (κ2) is 6.18. The number of hydrogen-bond donors (Lipinski definition) is 1. The van der Waals surface area contributed by atoms with Gasteiger partial charge in [0.15, 0.2) is 5.82 Å². The lowest BCUT2D eigenvalue weighted by Gasteiger charge is -2.11. The number of carbonyl (C=O) groups is 1. The predicted molar refractivity (Wildman–Crippen MR) is 74.1 cm³/mol. The van der Waals surface area contributed by atoms with Crippen molar-refractivity contribution in [3.8, 4) is 11.4 Å². The van der Waals surface area contributed by atoms with E-state index in [9.17, 15) is 9.59 Å². The summed E-state index contributed by atoms with van der Waals surface area (Å²) in [7, 11) is 0. The van der Waals surface area contributed by atoms with Gasteiger partial charge in [-0.05, 0) is 13.3 Å². The van der Waals surface area contributed by atoms with Crippen LogP contribution in [0.1, 0.15) is 20.3 Å². The number of aromatic nitrogens is 2. The second-order valence-electron chi connectivity index (χ2n) is 4.60. The molecule has 1 N–H and O–H groups in total. The zero-order valence-electron chi connectivity index (χ0n) is 11.5. The number of rotatable bonds is 5. The fraction of sp³-hybridized carbons (Fsp3) is 0.357. The summed E-state index contributed by atoms with van der Waals surface area (Å²) >= 11 is 0. The van der Waals surface area contributed by atoms with Gasteiger partial charge < -0.3 is 5.32 Å². The van der Waals surface area contributed by atoms with E-state index in [1.807, 2.05) is 32.0 Å². The summed E-state index contributed by atoms with van der Waals surface area (Å²) in [5, 5.41) is 6.54. The maximum Gasteiger partial charge on any atom is 0.442 e. The summed E-state index contributed by atoms with van der Waals surface area (Å²) in [6.07, 6.45) is 0.829. The molecule has 0 fully saturated rings. The molecule has 0 spiro atoms. The molecule has 20 heavy (non-hydrogen) atoms. The van der Waals surface area contributed by atoms with Crippen LogP contribution in [-0.2, 0) is 11.3 Å². The van der Waals surface area contributed by atoms with E-state index in [4.69, 9.17) is 0 Å². The van der Waals surface area contributed by atoms with Crippen LogP contribution in [0, 0.1) is 0 Å². The highest BCUT2D eigenvalue weighted by molar-refractivity contribution is 5.76. The molecule has 1 heterocycles. The van der Waals surface area contributed by atoms with Gasteiger partial charge >= 0.3 is 5.76 Å². The molecule has 0 aliphatic rings. The van der Waals surface area contributed by atoms with E-state index < -0.39 is 5.76 Å². The van der Waals surface area contributed by atoms with Crippen LogP contribution in [0.5, 0.6) is 0 Å². The van der Waals surface area contributed by atoms with Gasteiger partial charge in [-0.15, -0.1) is 0 Å². The first-order chi connectivity index (χ1) is 9.61. The lowest BCUT2D eigenvalue weighted by Crippen LogP contribution is -2.36. The molecule has 0 radical (unpaired) electrons. The van der Waals surface area contributed by atoms with Crippen LogP contribution >= 0.6 is 0 Å². The number of nitrogens with zero attached hydrogens (tertiary/aromatic N) is 2. The van der Waals surface area contributed by atoms with Crippen molar-refractivity contribution in [1.82, 2.24) is 15.0 Å². The van der Waals surface area contributed by atoms with E-state index in [0.29, 0.717) is 5.82 Å². The standard InChI is InChI=1S/C14H17N3O3/c1-3-10(2)15-12(18)9-17-13(16-20-14(17)19)11-7-5-4-6-8-11/h4-8,10H,3,9H2,1-2H3,(H,15,18). The van der Waals surface area contributed by atoms with Crippen molar-refractivity contribution < 1.29 is 9.32 Å². The largest absolute Gasteiger partial charge is 0.442 e. The lowest BCUT2D eigenvalue weighted by molar-refractivity contribution is -0.122. The Kier molecular flexibility index (Phi) is 4.34. The monoisotopic (exact) mass is 275 g/mol. The van der Waals surface area contributed by atoms with Crippen molar-refractivity contribution in [3.05, 3.63) is 40.9 Å². The fourth-order valence-corrected chi connectivity index (χ4v) is 1.77. The van der Waals surface area contributed by atoms with E-state index in [1.165, 1.54) is 4.57 Å². The molecule has 0 aliphatic heterocycles. The molecule has 1 aromatic heterocycles. The average Bonchev–Trinajstić information content (AvgIpc) is 2.81. The minimum Gasteiger partial charge on any atom is -0.352 e. The first-order valence-electron chi connectivity index (χ1n) is 6.53. The summed E-state index contributed by atoms with van der Waals surface area (Å²) < 4.78 is 5.89. The second-order valence-corrected chi connectivity index (χ2v) is 4.60. The zero-order chi connectivity index (χ0) is 14.5. The molecule has 106 valence electrons. The Morgan fingerprint density at radius 1 is 1.40 bits per heavy atom. The van der Waals surface area contributed by atoms with Gasteiger partial charge in [-0.25, -0.2) is 9.36 Å². The van der Waals surface area contributed by atoms with Gasteiger partial charge in [-0.1, -0.05) is 42.4 Å². The van der Waals surface area contributed by atoms with Crippen LogP contribution in [0.4, 0.5) is 0 Å². The van der Waals surface area contributed by atoms with Gasteiger partial charge in [0.2, 0.25) is 5.91 Å². The fourth-order valence-electron chi connectivity index (χ4n) is 1.77. The van der Waals surface area contributed by atoms with Crippen LogP contribution in [0.2, 0.25) is 0 Å². The highest BCUT2D eigenvalue weighted by Gasteiger charge is 2.16. The molecule has 6 heteroatoms. The average molecular weight is 275 g/mol. The van der Waals surface area contributed by atoms with Gasteiger partial charge in [-0.3, -0.25) is 9.32 Å². The van der Waals surface area contributed by atoms with Crippen LogP contribution in [-0.4, -0.2) is 21.7 Å². The molecule has 1 aromatic carbocycles. The minimum atomic E-state index is -0.636. The number of carbonyl (C=O) groups excluding carboxylic acids is 1. The zero-order valence-corrected chi connectivity index (χ0v) is 11.5. The van der Waals surface area contributed by atoms with Gasteiger partial charge in [0.1, 0.15) is 6.54 Å². The number of amides is 1. The quantitative estimate of drug-likeness (QED) is 0.895. The molecule has 1 atom stereocenters. The highest BCUT2D eigenvalue weighted by Crippen LogP contribution is 2.14. The van der Waals surface area contributed by atoms with Gasteiger partial charge in [-0.2, -0.15) is 0 Å². The van der Waals surface area contributed by atoms with Gasteiger partial charge in [0, 0.05) is 11.6 Å². The molecule has 1 amide bonds. The van der Waals surface area contributed by atoms with E-state index >= 15 is 0 Å². The molecule has 2 aromatic rings. The molecule has 0 aliphatic carbocycles. The summed E-state index contributed by atoms with van der Waals surface area (Å²) in [5.41, 5.74) is 0.731. The Bertz CT molecular complexity index is 631. The predicted octanol–water partition coefficient (Wildman–Crippen LogP) is 1.42. The maximum absolute atomic E-state index is 11.9. The molecule has 0 bridgehead atoms. The summed E-state index contributed by atoms with van der Waals surface area (Å²) in [5.74, 6) is -0.514. The van der Waals surface area contributed by atoms with Crippen LogP contribution in [0.25, 0.3) is 11.4 Å². The molecular formula is C14H17N3O3. The first-order valence-corrected chi connectivity index (χ1v) is 6.53. The third-order valence-electron chi connectivity index (χ3n) is 3.04. The first kappa shape index (κ1) is 14.0. The Morgan fingerprint density at radius 3 is 2.75 bits per heavy atom. The Hall–Kier alpha value is -2.37. The van der Waals surface area contributed by atoms with Crippen molar-refractivity contribution in [2.75, 3.05) is 0 Å². The normalized spacial score (nSPS) is 12.1. The summed E-state index contributed by atoms with van der Waals surface area (Å²) in [6, 6.07) is 9.21. The number of benzene rings is 1. The van der Waals surface area contributed by atoms with Crippen LogP contribution in [0.3, 0.4) is 0 Å². The van der Waals surface area contributed by atoms with E-state index in [2.05, 4.69) is 15.0 Å². The number of hydrogen-bond acceptors (Lipinski definition) is 4. The van der Waals surface area contributed by atoms with Gasteiger partial charge in [0.25, 0.3) is 0 Å². The molecule has 0 saturated heterocycles. The van der Waals surface area contributed by atoms with E-state index in [-0.39, 0.29) is 18.5 Å². The van der Waals surface area contributed by atoms with E-state index in [1.54, 1.807) is 12.1 Å². The molecule has 1 unspecified atom stereocenters. The Morgan fingerprint density at radius 2 is 2.10 bits per heavy atom. The maximum atomic E-state index is 11.9. The highest BCUT2D eigenvalue weighted by atomic mass is 16.5. The SMILES string of the molecule is CCC(C)NC(=O)Cn1c(-c2ccccc2)noc1=O. The third-order valence-corrected chi connectivity index (χ3v) is 3.04. The molecule has 6 nitrogen and oxygen atoms in total. The molecule has 0 saturated carbocycles. The lowest BCUT2D eigenvalue weighted by atomic mass is 10.2. The Labute approximate surface area is 116 Å². The summed E-state index contributed by atoms with van der Waals surface area (Å²) in [6.45, 7) is 3.79. The van der Waals surface area contributed by atoms with Crippen molar-refractivity contribution >= 4 is 5.91 Å². The van der Waals surface area contributed by atoms with Crippen molar-refractivity contribution in [2.45, 2.75) is 32.9 Å². The van der Waals surface area contributed by atoms with Crippen molar-refractivity contribution in [1.29, 1.82) is 0 Å². The topological polar surface area (TPSA) is 77.1 Å². The molecular weight excluding hydrogens is 258 g/mol. The Balaban J connectivity index is 2.23. The summed E-state index contributed by atoms with van der Waals surface area (Å²) in [4.78, 5) is 23.5. The minimum absolute atomic E-state index is 0.0678. The van der Waals surface area contributed by atoms with Gasteiger partial charge in [0.05, 0.1) is 0 Å². The van der Waals surface area contributed by atoms with Crippen molar-refractivity contribution in [3.63, 3.8) is 0 Å². The smallest absolute Gasteiger partial charge is 0.352 e. The van der Waals surface area contributed by atoms with Crippen LogP contribution < -0.4 is 11.1 Å². The third kappa shape index (κ3) is 3.14. The number of nitrogens with one attached hydrogen (secondary N) is 1. The van der Waals surface area contributed by atoms with Crippen LogP contribution in [0.15, 0.2) is 39.6 Å². The van der Waals surface area contributed by atoms with E-state index in [0.717, 1.165) is 12.0 Å².